The van der Waals surface area contributed by atoms with Gasteiger partial charge in [0.15, 0.2) is 0 Å². The van der Waals surface area contributed by atoms with Crippen molar-refractivity contribution < 1.29 is 4.79 Å². The minimum atomic E-state index is 0.631. The van der Waals surface area contributed by atoms with Crippen LogP contribution < -0.4 is 4.90 Å². The van der Waals surface area contributed by atoms with Crippen molar-refractivity contribution in [2.24, 2.45) is 0 Å². The van der Waals surface area contributed by atoms with E-state index in [9.17, 15) is 4.79 Å². The first-order valence-electron chi connectivity index (χ1n) is 6.89. The molecule has 0 N–H and O–H groups in total. The zero-order valence-electron chi connectivity index (χ0n) is 11.6. The van der Waals surface area contributed by atoms with Gasteiger partial charge >= 0.3 is 0 Å². The lowest BCUT2D eigenvalue weighted by molar-refractivity contribution is 0.112. The number of halogens is 1. The normalized spacial score (nSPS) is 18.4. The fraction of sp³-hybridized carbons (Fsp3) is 0.533. The monoisotopic (exact) mass is 280 g/mol. The van der Waals surface area contributed by atoms with E-state index in [1.165, 1.54) is 6.42 Å². The number of aldehydes is 1. The van der Waals surface area contributed by atoms with Crippen LogP contribution in [0.15, 0.2) is 18.2 Å². The summed E-state index contributed by atoms with van der Waals surface area (Å²) >= 11 is 6.25. The fourth-order valence-corrected chi connectivity index (χ4v) is 2.82. The van der Waals surface area contributed by atoms with E-state index in [-0.39, 0.29) is 0 Å². The standard InChI is InChI=1S/C15H21ClN2O/c1-3-12(2)17-6-8-18(9-7-17)15-5-4-13(11-19)10-14(15)16/h4-5,10-12H,3,6-9H2,1-2H3. The highest BCUT2D eigenvalue weighted by atomic mass is 35.5. The summed E-state index contributed by atoms with van der Waals surface area (Å²) in [6.07, 6.45) is 2.02. The lowest BCUT2D eigenvalue weighted by Gasteiger charge is -2.39. The summed E-state index contributed by atoms with van der Waals surface area (Å²) in [4.78, 5) is 15.5. The molecular weight excluding hydrogens is 260 g/mol. The van der Waals surface area contributed by atoms with Gasteiger partial charge in [0.1, 0.15) is 6.29 Å². The van der Waals surface area contributed by atoms with E-state index in [0.717, 1.165) is 38.2 Å². The molecule has 0 amide bonds. The number of rotatable bonds is 4. The van der Waals surface area contributed by atoms with E-state index in [4.69, 9.17) is 11.6 Å². The molecule has 0 saturated carbocycles. The van der Waals surface area contributed by atoms with E-state index in [1.807, 2.05) is 12.1 Å². The number of carbonyl (C=O) groups is 1. The number of hydrogen-bond donors (Lipinski definition) is 0. The molecule has 2 rings (SSSR count). The largest absolute Gasteiger partial charge is 0.368 e. The second kappa shape index (κ2) is 6.40. The Morgan fingerprint density at radius 3 is 2.53 bits per heavy atom. The number of hydrogen-bond acceptors (Lipinski definition) is 3. The average molecular weight is 281 g/mol. The van der Waals surface area contributed by atoms with E-state index in [0.29, 0.717) is 16.6 Å². The SMILES string of the molecule is CCC(C)N1CCN(c2ccc(C=O)cc2Cl)CC1. The van der Waals surface area contributed by atoms with Gasteiger partial charge in [-0.05, 0) is 31.5 Å². The number of carbonyl (C=O) groups excluding carboxylic acids is 1. The second-order valence-electron chi connectivity index (χ2n) is 5.11. The molecule has 1 fully saturated rings. The van der Waals surface area contributed by atoms with E-state index in [2.05, 4.69) is 23.6 Å². The van der Waals surface area contributed by atoms with Gasteiger partial charge in [0.2, 0.25) is 0 Å². The molecule has 0 spiro atoms. The molecular formula is C15H21ClN2O. The topological polar surface area (TPSA) is 23.6 Å². The zero-order valence-corrected chi connectivity index (χ0v) is 12.4. The summed E-state index contributed by atoms with van der Waals surface area (Å²) in [5, 5.41) is 0.668. The van der Waals surface area contributed by atoms with Gasteiger partial charge in [-0.1, -0.05) is 18.5 Å². The van der Waals surface area contributed by atoms with E-state index in [1.54, 1.807) is 6.07 Å². The number of nitrogens with zero attached hydrogens (tertiary/aromatic N) is 2. The zero-order chi connectivity index (χ0) is 13.8. The predicted molar refractivity (Wildman–Crippen MR) is 80.4 cm³/mol. The van der Waals surface area contributed by atoms with Crippen molar-refractivity contribution in [1.82, 2.24) is 4.90 Å². The molecule has 0 aromatic heterocycles. The molecule has 0 bridgehead atoms. The molecule has 1 aliphatic rings. The van der Waals surface area contributed by atoms with Crippen LogP contribution in [0.25, 0.3) is 0 Å². The summed E-state index contributed by atoms with van der Waals surface area (Å²) in [6.45, 7) is 8.63. The Hall–Kier alpha value is -1.06. The molecule has 1 saturated heterocycles. The lowest BCUT2D eigenvalue weighted by Crippen LogP contribution is -2.49. The van der Waals surface area contributed by atoms with Gasteiger partial charge < -0.3 is 4.90 Å². The highest BCUT2D eigenvalue weighted by Crippen LogP contribution is 2.27. The van der Waals surface area contributed by atoms with Gasteiger partial charge in [-0.2, -0.15) is 0 Å². The maximum atomic E-state index is 10.7. The van der Waals surface area contributed by atoms with E-state index >= 15 is 0 Å². The van der Waals surface area contributed by atoms with Crippen LogP contribution in [0.1, 0.15) is 30.6 Å². The molecule has 1 heterocycles. The molecule has 0 aliphatic carbocycles. The Morgan fingerprint density at radius 2 is 2.00 bits per heavy atom. The third kappa shape index (κ3) is 3.28. The van der Waals surface area contributed by atoms with Crippen LogP contribution in [0, 0.1) is 0 Å². The summed E-state index contributed by atoms with van der Waals surface area (Å²) in [7, 11) is 0. The van der Waals surface area contributed by atoms with Crippen molar-refractivity contribution in [2.75, 3.05) is 31.1 Å². The van der Waals surface area contributed by atoms with Gasteiger partial charge in [0, 0.05) is 37.8 Å². The number of anilines is 1. The fourth-order valence-electron chi connectivity index (χ4n) is 2.51. The Kier molecular flexibility index (Phi) is 4.83. The summed E-state index contributed by atoms with van der Waals surface area (Å²) < 4.78 is 0. The van der Waals surface area contributed by atoms with Crippen molar-refractivity contribution in [3.63, 3.8) is 0 Å². The molecule has 0 radical (unpaired) electrons. The van der Waals surface area contributed by atoms with Crippen LogP contribution in [0.5, 0.6) is 0 Å². The smallest absolute Gasteiger partial charge is 0.150 e. The van der Waals surface area contributed by atoms with Gasteiger partial charge in [-0.15, -0.1) is 0 Å². The summed E-state index contributed by atoms with van der Waals surface area (Å²) in [5.74, 6) is 0. The Morgan fingerprint density at radius 1 is 1.32 bits per heavy atom. The molecule has 1 aromatic carbocycles. The Bertz CT molecular complexity index is 442. The van der Waals surface area contributed by atoms with Crippen LogP contribution in [0.4, 0.5) is 5.69 Å². The maximum Gasteiger partial charge on any atom is 0.150 e. The lowest BCUT2D eigenvalue weighted by atomic mass is 10.1. The van der Waals surface area contributed by atoms with Crippen LogP contribution >= 0.6 is 11.6 Å². The minimum Gasteiger partial charge on any atom is -0.368 e. The molecule has 4 heteroatoms. The van der Waals surface area contributed by atoms with Crippen LogP contribution in [0.2, 0.25) is 5.02 Å². The third-order valence-corrected chi connectivity index (χ3v) is 4.28. The first kappa shape index (κ1) is 14.4. The molecule has 3 nitrogen and oxygen atoms in total. The van der Waals surface area contributed by atoms with Crippen molar-refractivity contribution >= 4 is 23.6 Å². The van der Waals surface area contributed by atoms with Crippen molar-refractivity contribution in [2.45, 2.75) is 26.3 Å². The van der Waals surface area contributed by atoms with E-state index < -0.39 is 0 Å². The van der Waals surface area contributed by atoms with Crippen LogP contribution in [-0.4, -0.2) is 43.4 Å². The van der Waals surface area contributed by atoms with Gasteiger partial charge in [0.05, 0.1) is 10.7 Å². The molecule has 1 atom stereocenters. The molecule has 19 heavy (non-hydrogen) atoms. The van der Waals surface area contributed by atoms with Gasteiger partial charge in [-0.25, -0.2) is 0 Å². The maximum absolute atomic E-state index is 10.7. The first-order chi connectivity index (χ1) is 9.15. The van der Waals surface area contributed by atoms with Gasteiger partial charge in [-0.3, -0.25) is 9.69 Å². The minimum absolute atomic E-state index is 0.631. The third-order valence-electron chi connectivity index (χ3n) is 3.98. The van der Waals surface area contributed by atoms with Gasteiger partial charge in [0.25, 0.3) is 0 Å². The van der Waals surface area contributed by atoms with Crippen molar-refractivity contribution in [3.05, 3.63) is 28.8 Å². The predicted octanol–water partition coefficient (Wildman–Crippen LogP) is 3.07. The molecule has 1 aliphatic heterocycles. The highest BCUT2D eigenvalue weighted by Gasteiger charge is 2.21. The summed E-state index contributed by atoms with van der Waals surface area (Å²) in [6, 6.07) is 6.17. The van der Waals surface area contributed by atoms with Crippen molar-refractivity contribution in [1.29, 1.82) is 0 Å². The average Bonchev–Trinajstić information content (AvgIpc) is 2.46. The summed E-state index contributed by atoms with van der Waals surface area (Å²) in [5.41, 5.74) is 1.67. The molecule has 104 valence electrons. The molecule has 1 aromatic rings. The first-order valence-corrected chi connectivity index (χ1v) is 7.27. The quantitative estimate of drug-likeness (QED) is 0.792. The number of piperazine rings is 1. The highest BCUT2D eigenvalue weighted by molar-refractivity contribution is 6.33. The Balaban J connectivity index is 2.03. The van der Waals surface area contributed by atoms with Crippen LogP contribution in [0.3, 0.4) is 0 Å². The van der Waals surface area contributed by atoms with Crippen LogP contribution in [-0.2, 0) is 0 Å². The number of benzene rings is 1. The van der Waals surface area contributed by atoms with Crippen molar-refractivity contribution in [3.8, 4) is 0 Å². The Labute approximate surface area is 120 Å². The second-order valence-corrected chi connectivity index (χ2v) is 5.52. The molecule has 1 unspecified atom stereocenters.